The van der Waals surface area contributed by atoms with Gasteiger partial charge in [-0.1, -0.05) is 84.9 Å². The molecule has 0 fully saturated rings. The quantitative estimate of drug-likeness (QED) is 0.157. The lowest BCUT2D eigenvalue weighted by molar-refractivity contribution is 1.66. The fourth-order valence-electron chi connectivity index (χ4n) is 6.42. The normalized spacial score (nSPS) is 12.9. The maximum Gasteiger partial charge on any atom is 0.157 e. The molecular weight excluding hydrogens is 494 g/mol. The summed E-state index contributed by atoms with van der Waals surface area (Å²) in [6.07, 6.45) is 0. The maximum atomic E-state index is 2.46. The first-order valence-corrected chi connectivity index (χ1v) is 16.7. The molecule has 0 spiro atoms. The first-order valence-electron chi connectivity index (χ1n) is 13.2. The third-order valence-corrected chi connectivity index (χ3v) is 12.7. The summed E-state index contributed by atoms with van der Waals surface area (Å²) < 4.78 is 0. The van der Waals surface area contributed by atoms with Crippen LogP contribution in [0.2, 0.25) is 0 Å². The summed E-state index contributed by atoms with van der Waals surface area (Å²) in [6, 6.07) is 45.5. The van der Waals surface area contributed by atoms with Gasteiger partial charge in [0.1, 0.15) is 28.4 Å². The van der Waals surface area contributed by atoms with Crippen LogP contribution in [-0.2, 0) is 13.3 Å². The summed E-state index contributed by atoms with van der Waals surface area (Å²) in [4.78, 5) is 0. The smallest absolute Gasteiger partial charge is 0.0622 e. The number of fused-ring (bicyclic) bond motifs is 4. The van der Waals surface area contributed by atoms with E-state index < -0.39 is 15.1 Å². The molecule has 0 radical (unpaired) electrons. The average Bonchev–Trinajstić information content (AvgIpc) is 2.99. The highest BCUT2D eigenvalue weighted by molar-refractivity contribution is 7.60. The number of aryl methyl sites for hydroxylation is 2. The van der Waals surface area contributed by atoms with E-state index in [1.165, 1.54) is 75.0 Å². The van der Waals surface area contributed by atoms with Gasteiger partial charge >= 0.3 is 0 Å². The zero-order valence-electron chi connectivity index (χ0n) is 21.4. The van der Waals surface area contributed by atoms with Crippen molar-refractivity contribution in [3.05, 3.63) is 121 Å². The van der Waals surface area contributed by atoms with E-state index >= 15 is 0 Å². The molecule has 2 atom stereocenters. The van der Waals surface area contributed by atoms with Crippen molar-refractivity contribution in [1.82, 2.24) is 0 Å². The summed E-state index contributed by atoms with van der Waals surface area (Å²) in [7, 11) is -0.870. The first kappa shape index (κ1) is 22.2. The first-order chi connectivity index (χ1) is 18.7. The van der Waals surface area contributed by atoms with Gasteiger partial charge in [-0.25, -0.2) is 0 Å². The molecule has 38 heavy (non-hydrogen) atoms. The van der Waals surface area contributed by atoms with Crippen LogP contribution in [0.25, 0.3) is 75.0 Å². The Morgan fingerprint density at radius 1 is 0.342 bits per heavy atom. The largest absolute Gasteiger partial charge is 0.157 e. The Labute approximate surface area is 224 Å². The molecule has 0 saturated carbocycles. The summed E-state index contributed by atoms with van der Waals surface area (Å²) in [5.41, 5.74) is 5.21. The Morgan fingerprint density at radius 2 is 0.737 bits per heavy atom. The van der Waals surface area contributed by atoms with E-state index in [9.17, 15) is 0 Å². The average molecular weight is 521 g/mol. The van der Waals surface area contributed by atoms with Crippen LogP contribution in [0.15, 0.2) is 121 Å². The molecular formula is C36H26P2+2. The van der Waals surface area contributed by atoms with Crippen LogP contribution < -0.4 is 0 Å². The Hall–Kier alpha value is -3.82. The van der Waals surface area contributed by atoms with Gasteiger partial charge in [-0.05, 0) is 69.4 Å². The molecule has 2 aromatic heterocycles. The van der Waals surface area contributed by atoms with Crippen LogP contribution in [-0.4, -0.2) is 0 Å². The van der Waals surface area contributed by atoms with Crippen LogP contribution in [0.4, 0.5) is 0 Å². The summed E-state index contributed by atoms with van der Waals surface area (Å²) in [5.74, 6) is 0. The topological polar surface area (TPSA) is 0 Å². The molecule has 0 bridgehead atoms. The van der Waals surface area contributed by atoms with Crippen molar-refractivity contribution >= 4 is 67.9 Å². The highest BCUT2D eigenvalue weighted by atomic mass is 31.1. The van der Waals surface area contributed by atoms with Gasteiger partial charge < -0.3 is 0 Å². The van der Waals surface area contributed by atoms with Gasteiger partial charge in [0.25, 0.3) is 0 Å². The van der Waals surface area contributed by atoms with E-state index in [2.05, 4.69) is 135 Å². The van der Waals surface area contributed by atoms with Crippen molar-refractivity contribution in [2.24, 2.45) is 13.3 Å². The highest BCUT2D eigenvalue weighted by Gasteiger charge is 2.26. The van der Waals surface area contributed by atoms with Crippen molar-refractivity contribution in [2.45, 2.75) is 0 Å². The second kappa shape index (κ2) is 8.34. The number of hydrogen-bond acceptors (Lipinski definition) is 0. The predicted molar refractivity (Wildman–Crippen MR) is 172 cm³/mol. The predicted octanol–water partition coefficient (Wildman–Crippen LogP) is 11.8. The molecule has 8 aromatic rings. The molecule has 0 aliphatic heterocycles. The van der Waals surface area contributed by atoms with Crippen LogP contribution in [0.1, 0.15) is 0 Å². The molecule has 178 valence electrons. The number of benzene rings is 6. The van der Waals surface area contributed by atoms with E-state index in [0.717, 1.165) is 0 Å². The molecule has 2 heteroatoms. The zero-order valence-corrected chi connectivity index (χ0v) is 23.2. The van der Waals surface area contributed by atoms with Crippen LogP contribution in [0, 0.1) is 0 Å². The van der Waals surface area contributed by atoms with E-state index in [0.29, 0.717) is 0 Å². The Balaban J connectivity index is 1.46. The molecule has 6 aromatic carbocycles. The van der Waals surface area contributed by atoms with Gasteiger partial charge in [0.15, 0.2) is 20.5 Å². The monoisotopic (exact) mass is 520 g/mol. The van der Waals surface area contributed by atoms with E-state index in [-0.39, 0.29) is 0 Å². The lowest BCUT2D eigenvalue weighted by Gasteiger charge is -2.12. The van der Waals surface area contributed by atoms with Gasteiger partial charge in [-0.15, -0.1) is 0 Å². The Morgan fingerprint density at radius 3 is 1.16 bits per heavy atom. The molecule has 0 saturated heterocycles. The van der Waals surface area contributed by atoms with E-state index in [4.69, 9.17) is 0 Å². The molecule has 0 amide bonds. The Bertz CT molecular complexity index is 2020. The van der Waals surface area contributed by atoms with Gasteiger partial charge in [-0.3, -0.25) is 0 Å². The fraction of sp³-hybridized carbons (Fsp3) is 0.0556. The highest BCUT2D eigenvalue weighted by Crippen LogP contribution is 2.54. The number of rotatable bonds is 2. The molecule has 2 heterocycles. The van der Waals surface area contributed by atoms with Crippen molar-refractivity contribution < 1.29 is 0 Å². The van der Waals surface area contributed by atoms with Gasteiger partial charge in [0, 0.05) is 21.5 Å². The number of hydrogen-bond donors (Lipinski definition) is 0. The van der Waals surface area contributed by atoms with Crippen molar-refractivity contribution in [3.8, 4) is 22.3 Å². The SMILES string of the molecule is C[p+]1c2cc(-c3ccccc3)ccc2c2ccc3c4ccc(-c5ccccc5)cc4[p+](C)c4ccc1c2c34. The third-order valence-electron chi connectivity index (χ3n) is 8.35. The minimum Gasteiger partial charge on any atom is -0.0622 e. The van der Waals surface area contributed by atoms with Gasteiger partial charge in [0.05, 0.1) is 0 Å². The fourth-order valence-corrected chi connectivity index (χ4v) is 10.4. The minimum absolute atomic E-state index is 0.435. The van der Waals surface area contributed by atoms with Gasteiger partial charge in [0.2, 0.25) is 0 Å². The van der Waals surface area contributed by atoms with Crippen LogP contribution in [0.5, 0.6) is 0 Å². The summed E-state index contributed by atoms with van der Waals surface area (Å²) >= 11 is 0. The summed E-state index contributed by atoms with van der Waals surface area (Å²) in [6.45, 7) is 4.90. The molecule has 0 aliphatic carbocycles. The summed E-state index contributed by atoms with van der Waals surface area (Å²) in [5, 5.41) is 14.7. The van der Waals surface area contributed by atoms with E-state index in [1.807, 2.05) is 0 Å². The molecule has 0 N–H and O–H groups in total. The zero-order chi connectivity index (χ0) is 25.4. The van der Waals surface area contributed by atoms with Crippen LogP contribution >= 0.6 is 15.1 Å². The molecule has 2 unspecified atom stereocenters. The third kappa shape index (κ3) is 3.12. The minimum atomic E-state index is -0.435. The molecule has 0 nitrogen and oxygen atoms in total. The Kier molecular flexibility index (Phi) is 4.87. The lowest BCUT2D eigenvalue weighted by atomic mass is 9.96. The van der Waals surface area contributed by atoms with Crippen LogP contribution in [0.3, 0.4) is 0 Å². The molecule has 0 aliphatic rings. The van der Waals surface area contributed by atoms with E-state index in [1.54, 1.807) is 0 Å². The maximum absolute atomic E-state index is 2.46. The van der Waals surface area contributed by atoms with Crippen molar-refractivity contribution in [2.75, 3.05) is 0 Å². The standard InChI is InChI=1S/C36H26P2/c1-37-31-19-20-32-36-30(28-16-14-26(22-34(28)38(32)2)24-11-7-4-8-12-24)18-17-29(35(31)36)27-15-13-25(21-33(27)37)23-9-5-3-6-10-23/h3-22H,1-2H3/q+2. The van der Waals surface area contributed by atoms with Crippen molar-refractivity contribution in [3.63, 3.8) is 0 Å². The van der Waals surface area contributed by atoms with Gasteiger partial charge in [-0.2, -0.15) is 0 Å². The second-order valence-electron chi connectivity index (χ2n) is 10.3. The van der Waals surface area contributed by atoms with Crippen molar-refractivity contribution in [1.29, 1.82) is 0 Å². The lowest BCUT2D eigenvalue weighted by Crippen LogP contribution is -1.87. The second-order valence-corrected chi connectivity index (χ2v) is 14.5. The molecule has 8 rings (SSSR count).